The normalized spacial score (nSPS) is 12.1. The van der Waals surface area contributed by atoms with Crippen LogP contribution < -0.4 is 10.1 Å². The van der Waals surface area contributed by atoms with Crippen LogP contribution in [0.15, 0.2) is 60.7 Å². The van der Waals surface area contributed by atoms with Crippen LogP contribution in [0.4, 0.5) is 5.69 Å². The lowest BCUT2D eigenvalue weighted by Crippen LogP contribution is -2.16. The van der Waals surface area contributed by atoms with Crippen molar-refractivity contribution in [2.75, 3.05) is 5.32 Å². The first-order valence-electron chi connectivity index (χ1n) is 11.0. The summed E-state index contributed by atoms with van der Waals surface area (Å²) >= 11 is 0. The highest BCUT2D eigenvalue weighted by Crippen LogP contribution is 2.27. The number of aromatic nitrogens is 1. The van der Waals surface area contributed by atoms with Crippen LogP contribution in [0.5, 0.6) is 11.5 Å². The number of hydrogen-bond acceptors (Lipinski definition) is 4. The highest BCUT2D eigenvalue weighted by Gasteiger charge is 2.15. The van der Waals surface area contributed by atoms with Gasteiger partial charge in [0.25, 0.3) is 5.91 Å². The molecule has 0 aliphatic carbocycles. The van der Waals surface area contributed by atoms with Gasteiger partial charge in [0.15, 0.2) is 0 Å². The average molecular weight is 433 g/mol. The Balaban J connectivity index is 1.71. The fourth-order valence-electron chi connectivity index (χ4n) is 3.43. The number of benzene rings is 2. The van der Waals surface area contributed by atoms with Crippen molar-refractivity contribution in [2.24, 2.45) is 0 Å². The lowest BCUT2D eigenvalue weighted by Gasteiger charge is -2.17. The Morgan fingerprint density at radius 1 is 0.906 bits per heavy atom. The van der Waals surface area contributed by atoms with Gasteiger partial charge in [0.1, 0.15) is 11.5 Å². The average Bonchev–Trinajstić information content (AvgIpc) is 2.73. The Kier molecular flexibility index (Phi) is 7.65. The first-order valence-corrected chi connectivity index (χ1v) is 11.0. The minimum Gasteiger partial charge on any atom is -0.457 e. The molecule has 0 bridgehead atoms. The van der Waals surface area contributed by atoms with Gasteiger partial charge >= 0.3 is 0 Å². The third-order valence-electron chi connectivity index (χ3n) is 5.10. The number of anilines is 1. The van der Waals surface area contributed by atoms with Crippen molar-refractivity contribution in [1.29, 1.82) is 0 Å². The van der Waals surface area contributed by atoms with E-state index in [0.29, 0.717) is 28.6 Å². The molecule has 0 spiro atoms. The summed E-state index contributed by atoms with van der Waals surface area (Å²) in [4.78, 5) is 17.4. The predicted molar refractivity (Wildman–Crippen MR) is 129 cm³/mol. The first kappa shape index (κ1) is 23.5. The van der Waals surface area contributed by atoms with Crippen molar-refractivity contribution < 1.29 is 14.3 Å². The summed E-state index contributed by atoms with van der Waals surface area (Å²) in [5, 5.41) is 2.95. The molecule has 0 saturated heterocycles. The van der Waals surface area contributed by atoms with Crippen LogP contribution in [0.1, 0.15) is 73.9 Å². The molecule has 3 aromatic rings. The number of hydrogen-bond donors (Lipinski definition) is 1. The molecule has 168 valence electrons. The summed E-state index contributed by atoms with van der Waals surface area (Å²) in [6.45, 7) is 12.1. The number of nitrogens with zero attached hydrogens (tertiary/aromatic N) is 1. The zero-order valence-corrected chi connectivity index (χ0v) is 19.7. The predicted octanol–water partition coefficient (Wildman–Crippen LogP) is 7.04. The van der Waals surface area contributed by atoms with Crippen LogP contribution in [0.3, 0.4) is 0 Å². The Morgan fingerprint density at radius 3 is 2.25 bits per heavy atom. The number of nitrogens with one attached hydrogen (secondary N) is 1. The zero-order chi connectivity index (χ0) is 23.3. The van der Waals surface area contributed by atoms with Gasteiger partial charge in [0.2, 0.25) is 0 Å². The van der Waals surface area contributed by atoms with Crippen molar-refractivity contribution in [3.05, 3.63) is 83.2 Å². The van der Waals surface area contributed by atoms with Crippen molar-refractivity contribution in [1.82, 2.24) is 4.98 Å². The van der Waals surface area contributed by atoms with Crippen LogP contribution in [-0.4, -0.2) is 17.0 Å². The molecule has 3 rings (SSSR count). The van der Waals surface area contributed by atoms with E-state index in [0.717, 1.165) is 11.4 Å². The quantitative estimate of drug-likeness (QED) is 0.414. The van der Waals surface area contributed by atoms with Crippen LogP contribution >= 0.6 is 0 Å². The molecule has 5 heteroatoms. The topological polar surface area (TPSA) is 60.5 Å². The molecule has 0 aliphatic heterocycles. The molecule has 1 aromatic heterocycles. The number of amides is 1. The van der Waals surface area contributed by atoms with E-state index in [2.05, 4.69) is 30.2 Å². The lowest BCUT2D eigenvalue weighted by molar-refractivity contribution is 0.0154. The van der Waals surface area contributed by atoms with Crippen molar-refractivity contribution >= 4 is 11.6 Å². The lowest BCUT2D eigenvalue weighted by atomic mass is 10.0. The van der Waals surface area contributed by atoms with Gasteiger partial charge in [0.05, 0.1) is 29.2 Å². The van der Waals surface area contributed by atoms with Gasteiger partial charge in [-0.25, -0.2) is 0 Å². The van der Waals surface area contributed by atoms with E-state index in [-0.39, 0.29) is 18.1 Å². The monoisotopic (exact) mass is 432 g/mol. The number of rotatable bonds is 8. The Morgan fingerprint density at radius 2 is 1.59 bits per heavy atom. The maximum absolute atomic E-state index is 12.9. The molecule has 1 atom stereocenters. The first-order chi connectivity index (χ1) is 15.2. The molecule has 2 aromatic carbocycles. The van der Waals surface area contributed by atoms with Crippen molar-refractivity contribution in [3.8, 4) is 11.5 Å². The number of carbonyl (C=O) groups is 1. The second-order valence-electron chi connectivity index (χ2n) is 8.51. The Bertz CT molecular complexity index is 1080. The highest BCUT2D eigenvalue weighted by atomic mass is 16.5. The van der Waals surface area contributed by atoms with Gasteiger partial charge in [-0.2, -0.15) is 0 Å². The van der Waals surface area contributed by atoms with Crippen LogP contribution in [-0.2, 0) is 4.74 Å². The summed E-state index contributed by atoms with van der Waals surface area (Å²) in [5.74, 6) is 1.65. The SMILES string of the molecule is Cc1nc(C(C)OC(C)C)ccc1C(=O)Nc1cccc(Oc2cccc(C(C)C)c2)c1. The summed E-state index contributed by atoms with van der Waals surface area (Å²) < 4.78 is 11.8. The Labute approximate surface area is 190 Å². The fraction of sp³-hybridized carbons (Fsp3) is 0.333. The van der Waals surface area contributed by atoms with E-state index < -0.39 is 0 Å². The molecule has 0 saturated carbocycles. The van der Waals surface area contributed by atoms with Gasteiger partial charge in [-0.05, 0) is 75.6 Å². The fourth-order valence-corrected chi connectivity index (χ4v) is 3.43. The number of carbonyl (C=O) groups excluding carboxylic acids is 1. The number of ether oxygens (including phenoxy) is 2. The van der Waals surface area contributed by atoms with Gasteiger partial charge < -0.3 is 14.8 Å². The van der Waals surface area contributed by atoms with Gasteiger partial charge in [-0.15, -0.1) is 0 Å². The van der Waals surface area contributed by atoms with Gasteiger partial charge in [-0.3, -0.25) is 9.78 Å². The molecule has 0 radical (unpaired) electrons. The van der Waals surface area contributed by atoms with Gasteiger partial charge in [-0.1, -0.05) is 32.0 Å². The van der Waals surface area contributed by atoms with E-state index in [1.165, 1.54) is 5.56 Å². The van der Waals surface area contributed by atoms with Crippen LogP contribution in [0.25, 0.3) is 0 Å². The molecule has 5 nitrogen and oxygen atoms in total. The molecule has 1 N–H and O–H groups in total. The van der Waals surface area contributed by atoms with E-state index in [9.17, 15) is 4.79 Å². The van der Waals surface area contributed by atoms with Crippen LogP contribution in [0.2, 0.25) is 0 Å². The van der Waals surface area contributed by atoms with E-state index in [4.69, 9.17) is 9.47 Å². The highest BCUT2D eigenvalue weighted by molar-refractivity contribution is 6.05. The summed E-state index contributed by atoms with van der Waals surface area (Å²) in [5.41, 5.74) is 3.88. The molecular formula is C27H32N2O3. The number of aryl methyl sites for hydroxylation is 1. The second-order valence-corrected chi connectivity index (χ2v) is 8.51. The molecule has 1 amide bonds. The second kappa shape index (κ2) is 10.4. The van der Waals surface area contributed by atoms with Gasteiger partial charge in [0, 0.05) is 11.8 Å². The maximum Gasteiger partial charge on any atom is 0.257 e. The maximum atomic E-state index is 12.9. The molecule has 1 unspecified atom stereocenters. The Hall–Kier alpha value is -3.18. The number of pyridine rings is 1. The van der Waals surface area contributed by atoms with E-state index in [1.54, 1.807) is 6.07 Å². The minimum absolute atomic E-state index is 0.109. The zero-order valence-electron chi connectivity index (χ0n) is 19.7. The van der Waals surface area contributed by atoms with Crippen molar-refractivity contribution in [3.63, 3.8) is 0 Å². The molecule has 0 aliphatic rings. The molecular weight excluding hydrogens is 400 g/mol. The van der Waals surface area contributed by atoms with Crippen molar-refractivity contribution in [2.45, 2.75) is 59.7 Å². The van der Waals surface area contributed by atoms with Crippen LogP contribution in [0, 0.1) is 6.92 Å². The molecule has 32 heavy (non-hydrogen) atoms. The summed E-state index contributed by atoms with van der Waals surface area (Å²) in [7, 11) is 0. The van der Waals surface area contributed by atoms with E-state index >= 15 is 0 Å². The smallest absolute Gasteiger partial charge is 0.257 e. The standard InChI is InChI=1S/C27H32N2O3/c1-17(2)21-9-7-11-23(15-21)32-24-12-8-10-22(16-24)29-27(30)25-13-14-26(28-19(25)5)20(6)31-18(3)4/h7-18,20H,1-6H3,(H,29,30). The summed E-state index contributed by atoms with van der Waals surface area (Å²) in [6.07, 6.45) is -0.0220. The third-order valence-corrected chi connectivity index (χ3v) is 5.10. The van der Waals surface area contributed by atoms with E-state index in [1.807, 2.05) is 76.2 Å². The third kappa shape index (κ3) is 6.17. The minimum atomic E-state index is -0.210. The molecule has 1 heterocycles. The summed E-state index contributed by atoms with van der Waals surface area (Å²) in [6, 6.07) is 19.1. The molecule has 0 fully saturated rings. The largest absolute Gasteiger partial charge is 0.457 e.